The van der Waals surface area contributed by atoms with Crippen LogP contribution in [0.1, 0.15) is 207 Å². The zero-order chi connectivity index (χ0) is 125. The van der Waals surface area contributed by atoms with Crippen molar-refractivity contribution in [2.24, 2.45) is 0 Å². The molecule has 5 N–H and O–H groups in total. The topological polar surface area (TPSA) is 240 Å². The van der Waals surface area contributed by atoms with Crippen molar-refractivity contribution in [1.29, 1.82) is 0 Å². The van der Waals surface area contributed by atoms with Gasteiger partial charge in [-0.25, -0.2) is 0 Å². The summed E-state index contributed by atoms with van der Waals surface area (Å²) in [5, 5.41) is 51.7. The summed E-state index contributed by atoms with van der Waals surface area (Å²) < 4.78 is 392. The molecule has 0 amide bonds. The second-order valence-corrected chi connectivity index (χ2v) is 27.2. The normalized spacial score (nSPS) is 19.5. The third-order valence-electron chi connectivity index (χ3n) is 17.2. The first-order valence-electron chi connectivity index (χ1n) is 59.3. The molecule has 5 unspecified atom stereocenters. The molecule has 10 aromatic rings. The van der Waals surface area contributed by atoms with E-state index in [4.69, 9.17) is 126 Å². The van der Waals surface area contributed by atoms with Crippen molar-refractivity contribution in [2.45, 2.75) is 193 Å². The van der Waals surface area contributed by atoms with Gasteiger partial charge in [0.05, 0.1) is 129 Å². The van der Waals surface area contributed by atoms with E-state index in [0.29, 0.717) is 40.2 Å². The summed E-state index contributed by atoms with van der Waals surface area (Å²) in [6.45, 7) is 7.25. The van der Waals surface area contributed by atoms with Gasteiger partial charge in [-0.1, -0.05) is 123 Å². The van der Waals surface area contributed by atoms with Crippen molar-refractivity contribution >= 4 is 0 Å². The molecule has 10 rings (SSSR count). The molecule has 0 heterocycles. The van der Waals surface area contributed by atoms with Crippen molar-refractivity contribution < 1.29 is 151 Å². The van der Waals surface area contributed by atoms with Gasteiger partial charge in [0.25, 0.3) is 0 Å². The van der Waals surface area contributed by atoms with Crippen LogP contribution in [0.2, 0.25) is 0 Å². The molecule has 0 saturated carbocycles. The maximum atomic E-state index is 10.4. The highest BCUT2D eigenvalue weighted by Gasteiger charge is 2.15. The maximum absolute atomic E-state index is 10.4. The highest BCUT2D eigenvalue weighted by molar-refractivity contribution is 5.47. The van der Waals surface area contributed by atoms with Gasteiger partial charge in [-0.3, -0.25) is 0 Å². The number of methoxy groups -OCH3 is 10. The largest absolute Gasteiger partial charge is 0.493 e. The Labute approximate surface area is 800 Å². The van der Waals surface area contributed by atoms with Crippen LogP contribution in [0.15, 0.2) is 212 Å². The van der Waals surface area contributed by atoms with Crippen LogP contribution in [0, 0.1) is 34.6 Å². The number of aliphatic hydroxyl groups is 5. The number of benzene rings is 10. The van der Waals surface area contributed by atoms with E-state index >= 15 is 0 Å². The Morgan fingerprint density at radius 3 is 0.592 bits per heavy atom. The van der Waals surface area contributed by atoms with Crippen LogP contribution in [-0.4, -0.2) is 160 Å². The SMILES string of the molecule is [2H]C(O)(CCC([2H])([2H])C([2H])([2H])c1ccc(OC([2H])([2H])[2H])c(OC([2H])([2H])[2H])c1)COc1cccc(C)c1.[2H]C(O)(CCC([2H])([2H])C([2H])([2H])c1ccc(OC([2H])([2H])[2H])c(OC)c1)COc1cccc(C)c1.[2H]C(O)(CCC([2H])([2H])C([2H])([2H])c1ccc(OC([2H])([2H])[2H])c(OC)c1)COc1cccc(C)c1.[2H]C(O)(CCC([2H])([2H])C([2H])([2H])c1ccc(OC)c(OC([2H])([2H])[2H])c1)COc1cccc(C)c1.[2H]C(O)(CCC([2H])([2H])C([2H])([2H])c1ccc(OC)c(OC)c1)COc1cccc(C)c1. The second kappa shape index (κ2) is 59.8. The summed E-state index contributed by atoms with van der Waals surface area (Å²) in [4.78, 5) is 0. The predicted octanol–water partition coefficient (Wildman–Crippen LogP) is 20.8. The number of aryl methyl sites for hydroxylation is 10. The zero-order valence-corrected chi connectivity index (χ0v) is 71.7. The molecule has 0 aliphatic heterocycles. The molecule has 20 nitrogen and oxygen atoms in total. The minimum atomic E-state index is -3.02. The molecule has 125 heavy (non-hydrogen) atoms. The van der Waals surface area contributed by atoms with Crippen LogP contribution in [0.3, 0.4) is 0 Å². The lowest BCUT2D eigenvalue weighted by atomic mass is 10.0. The van der Waals surface area contributed by atoms with Crippen molar-refractivity contribution in [3.05, 3.63) is 268 Å². The third-order valence-corrected chi connectivity index (χ3v) is 17.2. The zero-order valence-electron chi connectivity index (χ0n) is 112. The predicted molar refractivity (Wildman–Crippen MR) is 499 cm³/mol. The molecule has 0 aromatic heterocycles. The van der Waals surface area contributed by atoms with Crippen molar-refractivity contribution in [2.75, 3.05) is 104 Å². The standard InChI is InChI=1S/5C21H28O4/c5*1-16-7-6-10-19(13-16)25-15-18(22)9-5-4-8-17-11-12-20(23-2)21(14-17)24-3/h5*6-7,10-14,18,22H,4-5,8-9,15H2,1-3H3/i2D3,3D3,4D2,8D2,18D;3D3,4D2,8D2,18D;2*2D3,4D2,8D2,18D;4D2,8D2,18D. The number of rotatable bonds is 50. The van der Waals surface area contributed by atoms with Crippen LogP contribution in [-0.2, 0) is 31.9 Å². The molecule has 10 aromatic carbocycles. The molecule has 0 radical (unpaired) electrons. The van der Waals surface area contributed by atoms with E-state index in [9.17, 15) is 25.5 Å². The van der Waals surface area contributed by atoms with E-state index < -0.39 is 206 Å². The van der Waals surface area contributed by atoms with Gasteiger partial charge >= 0.3 is 0 Å². The van der Waals surface area contributed by atoms with Gasteiger partial charge in [-0.15, -0.1) is 0 Å². The molecular weight excluding hydrogens is 1580 g/mol. The van der Waals surface area contributed by atoms with Gasteiger partial charge in [0, 0.05) is 27.4 Å². The third kappa shape index (κ3) is 41.1. The van der Waals surface area contributed by atoms with Crippen LogP contribution >= 0.6 is 0 Å². The minimum Gasteiger partial charge on any atom is -0.493 e. The van der Waals surface area contributed by atoms with Gasteiger partial charge in [0.1, 0.15) is 61.8 Å². The Morgan fingerprint density at radius 1 is 0.240 bits per heavy atom. The first-order chi connectivity index (χ1) is 75.3. The van der Waals surface area contributed by atoms with Gasteiger partial charge < -0.3 is 96.6 Å². The Balaban J connectivity index is 0.000000313. The Bertz CT molecular complexity index is 6340. The molecule has 0 spiro atoms. The highest BCUT2D eigenvalue weighted by Crippen LogP contribution is 2.34. The summed E-state index contributed by atoms with van der Waals surface area (Å²) in [5.41, 5.74) is 4.04. The lowest BCUT2D eigenvalue weighted by Crippen LogP contribution is -2.17. The van der Waals surface area contributed by atoms with Crippen LogP contribution < -0.4 is 71.1 Å². The van der Waals surface area contributed by atoms with Crippen LogP contribution in [0.4, 0.5) is 0 Å². The number of hydrogen-bond acceptors (Lipinski definition) is 20. The Hall–Kier alpha value is -11.0. The summed E-state index contributed by atoms with van der Waals surface area (Å²) in [6.07, 6.45) is -40.4. The molecule has 20 heteroatoms. The fraction of sp³-hybridized carbons (Fsp3) is 0.429. The van der Waals surface area contributed by atoms with E-state index in [1.807, 2.05) is 65.0 Å². The quantitative estimate of drug-likeness (QED) is 0.0238. The second-order valence-electron chi connectivity index (χ2n) is 27.2. The number of hydrogen-bond donors (Lipinski definition) is 5. The van der Waals surface area contributed by atoms with Gasteiger partial charge in [0.2, 0.25) is 0 Å². The van der Waals surface area contributed by atoms with Crippen LogP contribution in [0.5, 0.6) is 86.2 Å². The van der Waals surface area contributed by atoms with E-state index in [1.165, 1.54) is 102 Å². The molecule has 0 bridgehead atoms. The Kier molecular flexibility index (Phi) is 27.5. The molecule has 0 aliphatic carbocycles. The van der Waals surface area contributed by atoms with Crippen molar-refractivity contribution in [3.8, 4) is 86.2 Å². The van der Waals surface area contributed by atoms with Crippen molar-refractivity contribution in [3.63, 3.8) is 0 Å². The molecule has 0 aliphatic rings. The lowest BCUT2D eigenvalue weighted by Gasteiger charge is -2.13. The monoisotopic (exact) mass is 1760 g/mol. The van der Waals surface area contributed by atoms with Gasteiger partial charge in [-0.05, 0) is 307 Å². The first-order valence-corrected chi connectivity index (χ1v) is 39.3. The molecule has 0 fully saturated rings. The fourth-order valence-corrected chi connectivity index (χ4v) is 10.7. The summed E-state index contributed by atoms with van der Waals surface area (Å²) in [6, 6.07) is 53.3. The average molecular weight is 1760 g/mol. The average Bonchev–Trinajstić information content (AvgIpc) is 0.796. The smallest absolute Gasteiger partial charge is 0.160 e. The van der Waals surface area contributed by atoms with Gasteiger partial charge in [0.15, 0.2) is 57.5 Å². The minimum absolute atomic E-state index is 0.0556. The summed E-state index contributed by atoms with van der Waals surface area (Å²) in [7, 11) is -7.56. The van der Waals surface area contributed by atoms with Crippen LogP contribution in [0.25, 0.3) is 0 Å². The fourth-order valence-electron chi connectivity index (χ4n) is 10.7. The van der Waals surface area contributed by atoms with E-state index in [-0.39, 0.29) is 94.6 Å². The number of ether oxygens (including phenoxy) is 15. The first kappa shape index (κ1) is 57.6. The maximum Gasteiger partial charge on any atom is 0.160 e. The van der Waals surface area contributed by atoms with Gasteiger partial charge in [-0.2, -0.15) is 0 Å². The molecular formula is C105H140O20. The van der Waals surface area contributed by atoms with E-state index in [1.54, 1.807) is 91.0 Å². The van der Waals surface area contributed by atoms with Crippen molar-refractivity contribution in [1.82, 2.24) is 0 Å². The Morgan fingerprint density at radius 2 is 0.416 bits per heavy atom. The summed E-state index contributed by atoms with van der Waals surface area (Å²) in [5.74, 6) is 1.32. The van der Waals surface area contributed by atoms with E-state index in [0.717, 1.165) is 52.1 Å². The molecule has 5 atom stereocenters. The molecule has 680 valence electrons. The highest BCUT2D eigenvalue weighted by atomic mass is 16.5. The lowest BCUT2D eigenvalue weighted by molar-refractivity contribution is 0.0976. The molecule has 0 saturated heterocycles. The van der Waals surface area contributed by atoms with E-state index in [2.05, 4.69) is 0 Å². The summed E-state index contributed by atoms with van der Waals surface area (Å²) >= 11 is 0.